The maximum Gasteiger partial charge on any atom is 0.194 e. The molecule has 0 fully saturated rings. The van der Waals surface area contributed by atoms with Gasteiger partial charge in [-0.2, -0.15) is 0 Å². The molecule has 0 spiro atoms. The normalized spacial score (nSPS) is 13.7. The van der Waals surface area contributed by atoms with Crippen LogP contribution in [0, 0.1) is 0 Å². The van der Waals surface area contributed by atoms with E-state index in [1.807, 2.05) is 6.20 Å². The van der Waals surface area contributed by atoms with Crippen LogP contribution in [0.5, 0.6) is 0 Å². The molecule has 0 atom stereocenters. The quantitative estimate of drug-likeness (QED) is 0.368. The molecule has 2 heterocycles. The summed E-state index contributed by atoms with van der Waals surface area (Å²) in [5.74, 6) is 0. The fourth-order valence-electron chi connectivity index (χ4n) is 3.55. The molecule has 5 rings (SSSR count). The molecule has 0 bridgehead atoms. The molecule has 0 aliphatic heterocycles. The van der Waals surface area contributed by atoms with Crippen molar-refractivity contribution in [1.29, 1.82) is 0 Å². The summed E-state index contributed by atoms with van der Waals surface area (Å²) < 4.78 is 3.56. The highest BCUT2D eigenvalue weighted by Crippen LogP contribution is 2.27. The molecule has 1 aliphatic carbocycles. The first-order chi connectivity index (χ1) is 12.7. The average molecular weight is 361 g/mol. The van der Waals surface area contributed by atoms with Crippen LogP contribution in [0.4, 0.5) is 0 Å². The van der Waals surface area contributed by atoms with Gasteiger partial charge >= 0.3 is 0 Å². The van der Waals surface area contributed by atoms with Crippen molar-refractivity contribution in [2.45, 2.75) is 40.0 Å². The minimum Gasteiger partial charge on any atom is -0.287 e. The molecule has 0 radical (unpaired) electrons. The molecule has 0 saturated carbocycles. The van der Waals surface area contributed by atoms with E-state index in [0.29, 0.717) is 0 Å². The van der Waals surface area contributed by atoms with Gasteiger partial charge in [0.25, 0.3) is 0 Å². The zero-order valence-corrected chi connectivity index (χ0v) is 16.4. The van der Waals surface area contributed by atoms with E-state index in [1.54, 1.807) is 22.5 Å². The van der Waals surface area contributed by atoms with Crippen LogP contribution in [0.2, 0.25) is 0 Å². The molecule has 2 nitrogen and oxygen atoms in total. The predicted octanol–water partition coefficient (Wildman–Crippen LogP) is 6.23. The molecule has 2 aromatic carbocycles. The van der Waals surface area contributed by atoms with Crippen LogP contribution in [0.1, 0.15) is 37.6 Å². The van der Waals surface area contributed by atoms with Crippen molar-refractivity contribution in [2.75, 3.05) is 0 Å². The van der Waals surface area contributed by atoms with Gasteiger partial charge in [0, 0.05) is 5.69 Å². The summed E-state index contributed by atoms with van der Waals surface area (Å²) in [6.07, 6.45) is 5.31. The van der Waals surface area contributed by atoms with E-state index < -0.39 is 0 Å². The van der Waals surface area contributed by atoms with E-state index in [2.05, 4.69) is 78.7 Å². The van der Waals surface area contributed by atoms with E-state index >= 15 is 0 Å². The number of thiazole rings is 1. The molecule has 0 saturated heterocycles. The van der Waals surface area contributed by atoms with Gasteiger partial charge in [-0.15, -0.1) is 0 Å². The van der Waals surface area contributed by atoms with Gasteiger partial charge in [0.05, 0.1) is 16.4 Å². The van der Waals surface area contributed by atoms with Crippen LogP contribution >= 0.6 is 11.3 Å². The van der Waals surface area contributed by atoms with E-state index in [4.69, 9.17) is 0 Å². The second kappa shape index (κ2) is 7.08. The molecular formula is C23H24N2S. The fraction of sp³-hybridized carbons (Fsp3) is 0.261. The van der Waals surface area contributed by atoms with Crippen molar-refractivity contribution >= 4 is 26.5 Å². The Labute approximate surface area is 158 Å². The molecule has 4 aromatic rings. The Morgan fingerprint density at radius 3 is 2.19 bits per heavy atom. The van der Waals surface area contributed by atoms with Gasteiger partial charge in [-0.25, -0.2) is 4.98 Å². The number of hydrogen-bond acceptors (Lipinski definition) is 2. The third-order valence-corrected chi connectivity index (χ3v) is 6.27. The number of hydrogen-bond donors (Lipinski definition) is 0. The Hall–Kier alpha value is -2.39. The maximum atomic E-state index is 4.41. The number of aryl methyl sites for hydroxylation is 1. The molecule has 0 amide bonds. The molecule has 1 aliphatic rings. The number of imidazole rings is 1. The molecule has 2 aromatic heterocycles. The van der Waals surface area contributed by atoms with Gasteiger partial charge in [-0.3, -0.25) is 4.40 Å². The van der Waals surface area contributed by atoms with Crippen LogP contribution in [0.15, 0.2) is 65.9 Å². The molecule has 0 unspecified atom stereocenters. The summed E-state index contributed by atoms with van der Waals surface area (Å²) >= 11 is 1.75. The minimum atomic E-state index is 1.03. The first kappa shape index (κ1) is 17.0. The third kappa shape index (κ3) is 3.08. The molecular weight excluding hydrogens is 336 g/mol. The largest absolute Gasteiger partial charge is 0.287 e. The Morgan fingerprint density at radius 2 is 1.54 bits per heavy atom. The van der Waals surface area contributed by atoms with Crippen molar-refractivity contribution in [2.24, 2.45) is 0 Å². The van der Waals surface area contributed by atoms with E-state index in [1.165, 1.54) is 27.0 Å². The van der Waals surface area contributed by atoms with Crippen LogP contribution in [0.3, 0.4) is 0 Å². The molecule has 0 N–H and O–H groups in total. The summed E-state index contributed by atoms with van der Waals surface area (Å²) in [6.45, 7) is 6.65. The molecule has 26 heavy (non-hydrogen) atoms. The van der Waals surface area contributed by atoms with Crippen LogP contribution in [-0.2, 0) is 19.3 Å². The second-order valence-corrected chi connectivity index (χ2v) is 7.98. The monoisotopic (exact) mass is 360 g/mol. The number of fused-ring (bicyclic) bond motifs is 4. The fourth-order valence-corrected chi connectivity index (χ4v) is 4.57. The van der Waals surface area contributed by atoms with Crippen molar-refractivity contribution in [1.82, 2.24) is 9.38 Å². The van der Waals surface area contributed by atoms with E-state index in [-0.39, 0.29) is 0 Å². The lowest BCUT2D eigenvalue weighted by Gasteiger charge is -2.18. The predicted molar refractivity (Wildman–Crippen MR) is 112 cm³/mol. The summed E-state index contributed by atoms with van der Waals surface area (Å²) in [5.41, 5.74) is 8.70. The van der Waals surface area contributed by atoms with Crippen LogP contribution in [0.25, 0.3) is 15.2 Å². The topological polar surface area (TPSA) is 17.3 Å². The van der Waals surface area contributed by atoms with Crippen LogP contribution < -0.4 is 0 Å². The summed E-state index contributed by atoms with van der Waals surface area (Å²) in [5, 5.41) is 0. The highest BCUT2D eigenvalue weighted by Gasteiger charge is 2.11. The van der Waals surface area contributed by atoms with Crippen LogP contribution in [-0.4, -0.2) is 9.38 Å². The zero-order chi connectivity index (χ0) is 18.1. The van der Waals surface area contributed by atoms with Crippen molar-refractivity contribution in [3.63, 3.8) is 0 Å². The Bertz CT molecular complexity index is 1060. The summed E-state index contributed by atoms with van der Waals surface area (Å²) in [7, 11) is 0. The summed E-state index contributed by atoms with van der Waals surface area (Å²) in [4.78, 5) is 5.51. The van der Waals surface area contributed by atoms with Gasteiger partial charge in [0.15, 0.2) is 4.96 Å². The van der Waals surface area contributed by atoms with Gasteiger partial charge < -0.3 is 0 Å². The first-order valence-corrected chi connectivity index (χ1v) is 10.0. The van der Waals surface area contributed by atoms with Crippen molar-refractivity contribution in [3.8, 4) is 0 Å². The number of benzene rings is 2. The SMILES string of the molecule is CC1=C(C)Cc2ccccc2C1.CCc1cnc2sc3ccccc3n12. The molecule has 132 valence electrons. The number of rotatable bonds is 1. The van der Waals surface area contributed by atoms with Gasteiger partial charge in [-0.05, 0) is 56.4 Å². The van der Waals surface area contributed by atoms with Gasteiger partial charge in [0.1, 0.15) is 0 Å². The maximum absolute atomic E-state index is 4.41. The Balaban J connectivity index is 0.000000131. The van der Waals surface area contributed by atoms with E-state index in [9.17, 15) is 0 Å². The zero-order valence-electron chi connectivity index (χ0n) is 15.6. The second-order valence-electron chi connectivity index (χ2n) is 6.97. The highest BCUT2D eigenvalue weighted by molar-refractivity contribution is 7.23. The molecule has 3 heteroatoms. The number of nitrogens with zero attached hydrogens (tertiary/aromatic N) is 2. The standard InChI is InChI=1S/C12H14.C11H10N2S/c1-9-7-11-5-3-4-6-12(11)8-10(9)2;1-2-8-7-12-11-13(8)9-5-3-4-6-10(9)14-11/h3-6H,7-8H2,1-2H3;3-7H,2H2,1H3. The van der Waals surface area contributed by atoms with E-state index in [0.717, 1.165) is 24.2 Å². The lowest BCUT2D eigenvalue weighted by molar-refractivity contribution is 0.952. The third-order valence-electron chi connectivity index (χ3n) is 5.23. The minimum absolute atomic E-state index is 1.03. The Morgan fingerprint density at radius 1 is 0.923 bits per heavy atom. The first-order valence-electron chi connectivity index (χ1n) is 9.23. The van der Waals surface area contributed by atoms with Gasteiger partial charge in [0.2, 0.25) is 0 Å². The number of para-hydroxylation sites is 1. The highest BCUT2D eigenvalue weighted by atomic mass is 32.1. The summed E-state index contributed by atoms with van der Waals surface area (Å²) in [6, 6.07) is 17.2. The number of allylic oxidation sites excluding steroid dienone is 2. The van der Waals surface area contributed by atoms with Gasteiger partial charge in [-0.1, -0.05) is 65.8 Å². The smallest absolute Gasteiger partial charge is 0.194 e. The lowest BCUT2D eigenvalue weighted by Crippen LogP contribution is -2.04. The average Bonchev–Trinajstić information content (AvgIpc) is 3.22. The van der Waals surface area contributed by atoms with Crippen molar-refractivity contribution < 1.29 is 0 Å². The van der Waals surface area contributed by atoms with Crippen molar-refractivity contribution in [3.05, 3.63) is 82.7 Å². The number of aromatic nitrogens is 2. The lowest BCUT2D eigenvalue weighted by atomic mass is 9.88. The Kier molecular flexibility index (Phi) is 4.64.